The van der Waals surface area contributed by atoms with Gasteiger partial charge in [0.05, 0.1) is 11.4 Å². The van der Waals surface area contributed by atoms with Gasteiger partial charge >= 0.3 is 5.97 Å². The molecule has 2 heterocycles. The van der Waals surface area contributed by atoms with Crippen molar-refractivity contribution in [2.24, 2.45) is 10.2 Å². The first kappa shape index (κ1) is 24.0. The SMILES string of the molecule is Cc1ccccc1N1C(=O)C(/N=N/c2snc(-c3ccccc3)c2C(=O)O)C(=O)N1c1ccccc1C. The van der Waals surface area contributed by atoms with Gasteiger partial charge in [0.2, 0.25) is 6.04 Å². The van der Waals surface area contributed by atoms with E-state index >= 15 is 0 Å². The number of carboxylic acids is 1. The molecule has 1 aromatic heterocycles. The molecule has 0 radical (unpaired) electrons. The van der Waals surface area contributed by atoms with Crippen LogP contribution in [0.1, 0.15) is 21.5 Å². The fourth-order valence-electron chi connectivity index (χ4n) is 4.13. The van der Waals surface area contributed by atoms with Crippen LogP contribution in [0.2, 0.25) is 0 Å². The molecule has 1 saturated heterocycles. The van der Waals surface area contributed by atoms with Crippen molar-refractivity contribution in [2.45, 2.75) is 19.9 Å². The van der Waals surface area contributed by atoms with E-state index in [0.29, 0.717) is 16.9 Å². The minimum Gasteiger partial charge on any atom is -0.478 e. The Bertz CT molecular complexity index is 1490. The van der Waals surface area contributed by atoms with Crippen LogP contribution in [0, 0.1) is 13.8 Å². The lowest BCUT2D eigenvalue weighted by Crippen LogP contribution is -2.42. The molecule has 4 aromatic rings. The van der Waals surface area contributed by atoms with Gasteiger partial charge in [-0.3, -0.25) is 9.59 Å². The average molecular weight is 512 g/mol. The molecule has 0 atom stereocenters. The largest absolute Gasteiger partial charge is 0.478 e. The number of azo groups is 1. The third-order valence-corrected chi connectivity index (χ3v) is 6.70. The standard InChI is InChI=1S/C27H21N5O4S/c1-16-10-6-8-14-19(16)31-25(33)23(26(34)32(31)20-15-9-7-11-17(20)2)28-29-24-21(27(35)36)22(30-37-24)18-12-4-3-5-13-18/h3-15,23H,1-2H3,(H,35,36)/b29-28+. The zero-order chi connectivity index (χ0) is 26.1. The first-order valence-electron chi connectivity index (χ1n) is 11.4. The summed E-state index contributed by atoms with van der Waals surface area (Å²) in [5.41, 5.74) is 3.39. The molecule has 0 spiro atoms. The Hall–Kier alpha value is -4.70. The number of hydrazine groups is 1. The fourth-order valence-corrected chi connectivity index (χ4v) is 4.87. The summed E-state index contributed by atoms with van der Waals surface area (Å²) in [5.74, 6) is -2.40. The summed E-state index contributed by atoms with van der Waals surface area (Å²) in [6, 6.07) is 21.8. The lowest BCUT2D eigenvalue weighted by atomic mass is 10.1. The summed E-state index contributed by atoms with van der Waals surface area (Å²) in [6.45, 7) is 3.69. The zero-order valence-corrected chi connectivity index (χ0v) is 20.7. The number of aromatic carboxylic acids is 1. The van der Waals surface area contributed by atoms with E-state index in [-0.39, 0.29) is 16.3 Å². The topological polar surface area (TPSA) is 116 Å². The Balaban J connectivity index is 1.57. The lowest BCUT2D eigenvalue weighted by molar-refractivity contribution is -0.123. The molecule has 1 N–H and O–H groups in total. The number of amides is 2. The molecule has 9 nitrogen and oxygen atoms in total. The molecule has 1 aliphatic heterocycles. The third-order valence-electron chi connectivity index (χ3n) is 5.97. The minimum atomic E-state index is -1.48. The van der Waals surface area contributed by atoms with E-state index in [1.54, 1.807) is 48.5 Å². The van der Waals surface area contributed by atoms with Crippen LogP contribution < -0.4 is 10.0 Å². The molecular weight excluding hydrogens is 490 g/mol. The van der Waals surface area contributed by atoms with Gasteiger partial charge in [0, 0.05) is 5.56 Å². The number of carbonyl (C=O) groups excluding carboxylic acids is 2. The molecule has 1 aliphatic rings. The maximum atomic E-state index is 13.6. The van der Waals surface area contributed by atoms with E-state index in [4.69, 9.17) is 0 Å². The molecular formula is C27H21N5O4S. The number of benzene rings is 3. The molecule has 0 bridgehead atoms. The number of carboxylic acid groups (broad SMARTS) is 1. The van der Waals surface area contributed by atoms with Crippen molar-refractivity contribution >= 4 is 45.7 Å². The second-order valence-corrected chi connectivity index (χ2v) is 9.13. The summed E-state index contributed by atoms with van der Waals surface area (Å²) in [5, 5.41) is 20.6. The summed E-state index contributed by atoms with van der Waals surface area (Å²) < 4.78 is 4.26. The molecule has 3 aromatic carbocycles. The van der Waals surface area contributed by atoms with Crippen molar-refractivity contribution in [2.75, 3.05) is 10.0 Å². The number of rotatable bonds is 6. The monoisotopic (exact) mass is 511 g/mol. The predicted octanol–water partition coefficient (Wildman–Crippen LogP) is 5.57. The van der Waals surface area contributed by atoms with E-state index in [0.717, 1.165) is 22.7 Å². The highest BCUT2D eigenvalue weighted by molar-refractivity contribution is 7.10. The summed E-state index contributed by atoms with van der Waals surface area (Å²) in [6.07, 6.45) is 0. The van der Waals surface area contributed by atoms with Gasteiger partial charge in [-0.1, -0.05) is 66.7 Å². The molecule has 2 amide bonds. The van der Waals surface area contributed by atoms with Crippen LogP contribution in [0.5, 0.6) is 0 Å². The summed E-state index contributed by atoms with van der Waals surface area (Å²) in [7, 11) is 0. The Morgan fingerprint density at radius 2 is 1.35 bits per heavy atom. The van der Waals surface area contributed by atoms with Crippen molar-refractivity contribution in [3.05, 3.63) is 95.6 Å². The smallest absolute Gasteiger partial charge is 0.341 e. The van der Waals surface area contributed by atoms with Crippen LogP contribution in [0.25, 0.3) is 11.3 Å². The highest BCUT2D eigenvalue weighted by atomic mass is 32.1. The van der Waals surface area contributed by atoms with Gasteiger partial charge in [-0.05, 0) is 48.6 Å². The van der Waals surface area contributed by atoms with Crippen molar-refractivity contribution < 1.29 is 19.5 Å². The number of anilines is 2. The van der Waals surface area contributed by atoms with E-state index in [9.17, 15) is 19.5 Å². The number of aromatic nitrogens is 1. The molecule has 10 heteroatoms. The van der Waals surface area contributed by atoms with Crippen molar-refractivity contribution in [1.29, 1.82) is 0 Å². The number of hydrogen-bond donors (Lipinski definition) is 1. The Labute approximate surface area is 216 Å². The van der Waals surface area contributed by atoms with Gasteiger partial charge in [-0.2, -0.15) is 9.49 Å². The van der Waals surface area contributed by atoms with Gasteiger partial charge in [-0.25, -0.2) is 14.8 Å². The maximum absolute atomic E-state index is 13.6. The predicted molar refractivity (Wildman–Crippen MR) is 140 cm³/mol. The number of nitrogens with zero attached hydrogens (tertiary/aromatic N) is 5. The Kier molecular flexibility index (Phi) is 6.33. The average Bonchev–Trinajstić information content (AvgIpc) is 3.43. The van der Waals surface area contributed by atoms with Crippen LogP contribution in [-0.2, 0) is 9.59 Å². The van der Waals surface area contributed by atoms with Crippen LogP contribution >= 0.6 is 11.5 Å². The second-order valence-electron chi connectivity index (χ2n) is 8.37. The maximum Gasteiger partial charge on any atom is 0.341 e. The van der Waals surface area contributed by atoms with Crippen LogP contribution in [-0.4, -0.2) is 33.3 Å². The number of aryl methyl sites for hydroxylation is 2. The highest BCUT2D eigenvalue weighted by Crippen LogP contribution is 2.37. The minimum absolute atomic E-state index is 0.00346. The van der Waals surface area contributed by atoms with Gasteiger partial charge in [-0.15, -0.1) is 5.11 Å². The molecule has 37 heavy (non-hydrogen) atoms. The number of carbonyl (C=O) groups is 3. The van der Waals surface area contributed by atoms with E-state index in [1.165, 1.54) is 10.0 Å². The number of para-hydroxylation sites is 2. The van der Waals surface area contributed by atoms with Gasteiger partial charge in [0.15, 0.2) is 5.00 Å². The van der Waals surface area contributed by atoms with Gasteiger partial charge in [0.1, 0.15) is 11.3 Å². The Morgan fingerprint density at radius 3 is 1.86 bits per heavy atom. The lowest BCUT2D eigenvalue weighted by Gasteiger charge is -2.29. The van der Waals surface area contributed by atoms with Crippen LogP contribution in [0.4, 0.5) is 16.4 Å². The molecule has 1 fully saturated rings. The molecule has 184 valence electrons. The molecule has 5 rings (SSSR count). The second kappa shape index (κ2) is 9.75. The first-order chi connectivity index (χ1) is 17.9. The highest BCUT2D eigenvalue weighted by Gasteiger charge is 2.48. The van der Waals surface area contributed by atoms with E-state index in [1.807, 2.05) is 44.2 Å². The molecule has 0 saturated carbocycles. The third kappa shape index (κ3) is 4.27. The van der Waals surface area contributed by atoms with Gasteiger partial charge < -0.3 is 5.11 Å². The molecule has 0 unspecified atom stereocenters. The van der Waals surface area contributed by atoms with E-state index in [2.05, 4.69) is 14.6 Å². The quantitative estimate of drug-likeness (QED) is 0.268. The molecule has 0 aliphatic carbocycles. The summed E-state index contributed by atoms with van der Waals surface area (Å²) >= 11 is 0.843. The normalized spacial score (nSPS) is 14.2. The van der Waals surface area contributed by atoms with E-state index < -0.39 is 23.8 Å². The Morgan fingerprint density at radius 1 is 0.838 bits per heavy atom. The zero-order valence-electron chi connectivity index (χ0n) is 19.9. The van der Waals surface area contributed by atoms with Crippen molar-refractivity contribution in [1.82, 2.24) is 4.37 Å². The van der Waals surface area contributed by atoms with Crippen molar-refractivity contribution in [3.63, 3.8) is 0 Å². The summed E-state index contributed by atoms with van der Waals surface area (Å²) in [4.78, 5) is 39.3. The number of hydrogen-bond acceptors (Lipinski definition) is 7. The fraction of sp³-hybridized carbons (Fsp3) is 0.111. The first-order valence-corrected chi connectivity index (χ1v) is 12.1. The van der Waals surface area contributed by atoms with Crippen LogP contribution in [0.15, 0.2) is 89.1 Å². The van der Waals surface area contributed by atoms with Gasteiger partial charge in [0.25, 0.3) is 11.8 Å². The van der Waals surface area contributed by atoms with Crippen LogP contribution in [0.3, 0.4) is 0 Å². The van der Waals surface area contributed by atoms with Crippen molar-refractivity contribution in [3.8, 4) is 11.3 Å².